The molecule has 124 valence electrons. The molecular weight excluding hydrogens is 329 g/mol. The number of fused-ring (bicyclic) bond motifs is 1. The summed E-state index contributed by atoms with van der Waals surface area (Å²) in [4.78, 5) is 18.0. The number of ether oxygens (including phenoxy) is 1. The van der Waals surface area contributed by atoms with Crippen LogP contribution in [-0.2, 0) is 0 Å². The first-order valence-electron chi connectivity index (χ1n) is 7.38. The lowest BCUT2D eigenvalue weighted by atomic mass is 10.3. The van der Waals surface area contributed by atoms with E-state index < -0.39 is 5.82 Å². The lowest BCUT2D eigenvalue weighted by molar-refractivity contribution is 0.206. The van der Waals surface area contributed by atoms with Gasteiger partial charge in [-0.25, -0.2) is 14.2 Å². The van der Waals surface area contributed by atoms with Crippen LogP contribution < -0.4 is 10.1 Å². The maximum Gasteiger partial charge on any atom is 0.323 e. The molecule has 0 aliphatic heterocycles. The molecule has 24 heavy (non-hydrogen) atoms. The van der Waals surface area contributed by atoms with Crippen molar-refractivity contribution in [3.05, 3.63) is 54.3 Å². The second-order valence-electron chi connectivity index (χ2n) is 5.12. The molecule has 1 N–H and O–H groups in total. The SMILES string of the molecule is CN(CCOc1ccccc1F)C(=O)Nc1nc2ccccc2s1. The topological polar surface area (TPSA) is 54.5 Å². The van der Waals surface area contributed by atoms with Crippen molar-refractivity contribution < 1.29 is 13.9 Å². The van der Waals surface area contributed by atoms with Crippen LogP contribution in [0, 0.1) is 5.82 Å². The molecule has 2 amide bonds. The number of thiazole rings is 1. The van der Waals surface area contributed by atoms with Crippen LogP contribution in [0.15, 0.2) is 48.5 Å². The van der Waals surface area contributed by atoms with E-state index in [1.54, 1.807) is 25.2 Å². The average molecular weight is 345 g/mol. The molecule has 0 aliphatic rings. The van der Waals surface area contributed by atoms with E-state index >= 15 is 0 Å². The van der Waals surface area contributed by atoms with Crippen molar-refractivity contribution in [1.82, 2.24) is 9.88 Å². The highest BCUT2D eigenvalue weighted by molar-refractivity contribution is 7.22. The molecule has 0 aliphatic carbocycles. The summed E-state index contributed by atoms with van der Waals surface area (Å²) in [6, 6.07) is 13.6. The van der Waals surface area contributed by atoms with E-state index in [-0.39, 0.29) is 18.4 Å². The minimum atomic E-state index is -0.418. The van der Waals surface area contributed by atoms with Crippen molar-refractivity contribution in [3.63, 3.8) is 0 Å². The van der Waals surface area contributed by atoms with Gasteiger partial charge in [0.05, 0.1) is 16.8 Å². The molecule has 0 fully saturated rings. The monoisotopic (exact) mass is 345 g/mol. The molecule has 5 nitrogen and oxygen atoms in total. The number of halogens is 1. The summed E-state index contributed by atoms with van der Waals surface area (Å²) in [7, 11) is 1.65. The van der Waals surface area contributed by atoms with Crippen molar-refractivity contribution in [2.75, 3.05) is 25.5 Å². The zero-order valence-corrected chi connectivity index (χ0v) is 13.8. The molecule has 7 heteroatoms. The van der Waals surface area contributed by atoms with Crippen LogP contribution in [0.4, 0.5) is 14.3 Å². The Bertz CT molecular complexity index is 819. The minimum absolute atomic E-state index is 0.178. The Morgan fingerprint density at radius 1 is 1.25 bits per heavy atom. The van der Waals surface area contributed by atoms with E-state index in [4.69, 9.17) is 4.74 Å². The Kier molecular flexibility index (Phi) is 4.90. The number of anilines is 1. The van der Waals surface area contributed by atoms with Crippen molar-refractivity contribution in [1.29, 1.82) is 0 Å². The van der Waals surface area contributed by atoms with E-state index in [1.165, 1.54) is 22.3 Å². The Morgan fingerprint density at radius 2 is 2.00 bits per heavy atom. The number of para-hydroxylation sites is 2. The van der Waals surface area contributed by atoms with Crippen molar-refractivity contribution in [3.8, 4) is 5.75 Å². The maximum atomic E-state index is 13.4. The first kappa shape index (κ1) is 16.2. The predicted octanol–water partition coefficient (Wildman–Crippen LogP) is 3.98. The van der Waals surface area contributed by atoms with Gasteiger partial charge in [0.2, 0.25) is 0 Å². The normalized spacial score (nSPS) is 10.6. The van der Waals surface area contributed by atoms with E-state index in [1.807, 2.05) is 24.3 Å². The van der Waals surface area contributed by atoms with E-state index in [0.29, 0.717) is 11.7 Å². The zero-order chi connectivity index (χ0) is 16.9. The van der Waals surface area contributed by atoms with E-state index in [9.17, 15) is 9.18 Å². The van der Waals surface area contributed by atoms with Gasteiger partial charge in [0.25, 0.3) is 0 Å². The molecule has 0 unspecified atom stereocenters. The molecule has 3 aromatic rings. The second-order valence-corrected chi connectivity index (χ2v) is 6.15. The maximum absolute atomic E-state index is 13.4. The van der Waals surface area contributed by atoms with Gasteiger partial charge in [0.15, 0.2) is 16.7 Å². The van der Waals surface area contributed by atoms with Gasteiger partial charge in [-0.1, -0.05) is 35.6 Å². The number of carbonyl (C=O) groups excluding carboxylic acids is 1. The molecule has 0 saturated carbocycles. The number of nitrogens with zero attached hydrogens (tertiary/aromatic N) is 2. The third-order valence-electron chi connectivity index (χ3n) is 3.38. The molecule has 0 atom stereocenters. The summed E-state index contributed by atoms with van der Waals surface area (Å²) in [5.74, 6) is -0.239. The van der Waals surface area contributed by atoms with Gasteiger partial charge in [-0.05, 0) is 24.3 Å². The van der Waals surface area contributed by atoms with E-state index in [2.05, 4.69) is 10.3 Å². The van der Waals surface area contributed by atoms with Crippen LogP contribution in [0.5, 0.6) is 5.75 Å². The van der Waals surface area contributed by atoms with Crippen molar-refractivity contribution in [2.45, 2.75) is 0 Å². The summed E-state index contributed by atoms with van der Waals surface area (Å²) < 4.78 is 19.8. The van der Waals surface area contributed by atoms with Crippen LogP contribution in [0.2, 0.25) is 0 Å². The highest BCUT2D eigenvalue weighted by Crippen LogP contribution is 2.25. The quantitative estimate of drug-likeness (QED) is 0.761. The fourth-order valence-corrected chi connectivity index (χ4v) is 2.92. The summed E-state index contributed by atoms with van der Waals surface area (Å²) in [6.07, 6.45) is 0. The van der Waals surface area contributed by atoms with Gasteiger partial charge in [0.1, 0.15) is 6.61 Å². The van der Waals surface area contributed by atoms with Gasteiger partial charge in [-0.3, -0.25) is 5.32 Å². The first-order chi connectivity index (χ1) is 11.6. The zero-order valence-electron chi connectivity index (χ0n) is 13.0. The third-order valence-corrected chi connectivity index (χ3v) is 4.33. The van der Waals surface area contributed by atoms with Gasteiger partial charge in [-0.2, -0.15) is 0 Å². The number of benzene rings is 2. The van der Waals surface area contributed by atoms with Crippen molar-refractivity contribution >= 4 is 32.7 Å². The Labute approximate surface area is 142 Å². The molecule has 0 spiro atoms. The van der Waals surface area contributed by atoms with Gasteiger partial charge < -0.3 is 9.64 Å². The molecule has 0 radical (unpaired) electrons. The smallest absolute Gasteiger partial charge is 0.323 e. The van der Waals surface area contributed by atoms with Crippen LogP contribution in [0.25, 0.3) is 10.2 Å². The fourth-order valence-electron chi connectivity index (χ4n) is 2.07. The fraction of sp³-hybridized carbons (Fsp3) is 0.176. The van der Waals surface area contributed by atoms with Gasteiger partial charge >= 0.3 is 6.03 Å². The van der Waals surface area contributed by atoms with E-state index in [0.717, 1.165) is 10.2 Å². The number of hydrogen-bond donors (Lipinski definition) is 1. The predicted molar refractivity (Wildman–Crippen MR) is 93.2 cm³/mol. The molecular formula is C17H16FN3O2S. The largest absolute Gasteiger partial charge is 0.489 e. The lowest BCUT2D eigenvalue weighted by Gasteiger charge is -2.17. The van der Waals surface area contributed by atoms with Gasteiger partial charge in [-0.15, -0.1) is 0 Å². The Balaban J connectivity index is 1.52. The first-order valence-corrected chi connectivity index (χ1v) is 8.20. The summed E-state index contributed by atoms with van der Waals surface area (Å²) in [5, 5.41) is 3.30. The summed E-state index contributed by atoms with van der Waals surface area (Å²) >= 11 is 1.42. The summed E-state index contributed by atoms with van der Waals surface area (Å²) in [5.41, 5.74) is 0.850. The van der Waals surface area contributed by atoms with Crippen LogP contribution in [0.3, 0.4) is 0 Å². The summed E-state index contributed by atoms with van der Waals surface area (Å²) in [6.45, 7) is 0.524. The highest BCUT2D eigenvalue weighted by Gasteiger charge is 2.12. The number of rotatable bonds is 5. The lowest BCUT2D eigenvalue weighted by Crippen LogP contribution is -2.34. The number of likely N-dealkylation sites (N-methyl/N-ethyl adjacent to an activating group) is 1. The molecule has 0 saturated heterocycles. The molecule has 0 bridgehead atoms. The third kappa shape index (κ3) is 3.80. The second kappa shape index (κ2) is 7.27. The molecule has 3 rings (SSSR count). The number of nitrogens with one attached hydrogen (secondary N) is 1. The highest BCUT2D eigenvalue weighted by atomic mass is 32.1. The number of carbonyl (C=O) groups is 1. The van der Waals surface area contributed by atoms with Crippen LogP contribution in [0.1, 0.15) is 0 Å². The standard InChI is InChI=1S/C17H16FN3O2S/c1-21(10-11-23-14-8-4-2-6-12(14)18)17(22)20-16-19-13-7-3-5-9-15(13)24-16/h2-9H,10-11H2,1H3,(H,19,20,22). The van der Waals surface area contributed by atoms with Crippen molar-refractivity contribution in [2.24, 2.45) is 0 Å². The molecule has 1 aromatic heterocycles. The Morgan fingerprint density at radius 3 is 2.79 bits per heavy atom. The van der Waals surface area contributed by atoms with Gasteiger partial charge in [0, 0.05) is 7.05 Å². The minimum Gasteiger partial charge on any atom is -0.489 e. The average Bonchev–Trinajstić information content (AvgIpc) is 2.98. The molecule has 1 heterocycles. The number of urea groups is 1. The molecule has 2 aromatic carbocycles. The number of amides is 2. The van der Waals surface area contributed by atoms with Crippen LogP contribution in [-0.4, -0.2) is 36.1 Å². The van der Waals surface area contributed by atoms with Crippen LogP contribution >= 0.6 is 11.3 Å². The Hall–Kier alpha value is -2.67. The number of hydrogen-bond acceptors (Lipinski definition) is 4. The number of aromatic nitrogens is 1.